The summed E-state index contributed by atoms with van der Waals surface area (Å²) in [7, 11) is 0.765. The first-order valence-electron chi connectivity index (χ1n) is 15.3. The van der Waals surface area contributed by atoms with Crippen molar-refractivity contribution in [2.75, 3.05) is 37.7 Å². The van der Waals surface area contributed by atoms with E-state index in [4.69, 9.17) is 19.7 Å². The van der Waals surface area contributed by atoms with Gasteiger partial charge in [-0.15, -0.1) is 20.4 Å². The van der Waals surface area contributed by atoms with Crippen molar-refractivity contribution in [3.05, 3.63) is 70.8 Å². The van der Waals surface area contributed by atoms with E-state index in [0.29, 0.717) is 62.9 Å². The van der Waals surface area contributed by atoms with Gasteiger partial charge >= 0.3 is 6.18 Å². The Balaban J connectivity index is 1.05. The fourth-order valence-corrected chi connectivity index (χ4v) is 6.43. The third-order valence-corrected chi connectivity index (χ3v) is 9.65. The molecule has 254 valence electrons. The molecule has 0 saturated carbocycles. The van der Waals surface area contributed by atoms with Gasteiger partial charge in [-0.3, -0.25) is 4.90 Å². The van der Waals surface area contributed by atoms with Crippen molar-refractivity contribution in [1.29, 1.82) is 5.26 Å². The minimum atomic E-state index is -4.68. The molecule has 0 amide bonds. The van der Waals surface area contributed by atoms with E-state index in [1.54, 1.807) is 0 Å². The van der Waals surface area contributed by atoms with Crippen LogP contribution in [-0.2, 0) is 30.6 Å². The van der Waals surface area contributed by atoms with Crippen LogP contribution in [0.5, 0.6) is 5.88 Å². The van der Waals surface area contributed by atoms with Crippen LogP contribution >= 0.6 is 0 Å². The number of alkyl halides is 3. The number of nitrogens with one attached hydrogen (secondary N) is 1. The van der Waals surface area contributed by atoms with Crippen molar-refractivity contribution in [2.24, 2.45) is 0 Å². The number of nitrogens with zero attached hydrogens (tertiary/aromatic N) is 10. The Hall–Kier alpha value is -5.06. The molecule has 1 atom stereocenters. The van der Waals surface area contributed by atoms with Crippen LogP contribution in [0.1, 0.15) is 29.2 Å². The third-order valence-electron chi connectivity index (χ3n) is 8.54. The summed E-state index contributed by atoms with van der Waals surface area (Å²) in [4.78, 5) is 15.3. The molecular weight excluding hydrogens is 669 g/mol. The largest absolute Gasteiger partial charge is 0.473 e. The van der Waals surface area contributed by atoms with Crippen molar-refractivity contribution in [1.82, 2.24) is 44.8 Å². The summed E-state index contributed by atoms with van der Waals surface area (Å²) in [5.74, 6) is -1.57. The molecule has 2 aliphatic heterocycles. The van der Waals surface area contributed by atoms with E-state index < -0.39 is 23.6 Å². The molecule has 0 aliphatic carbocycles. The summed E-state index contributed by atoms with van der Waals surface area (Å²) in [6.07, 6.45) is -3.79. The molecule has 0 bridgehead atoms. The van der Waals surface area contributed by atoms with Crippen molar-refractivity contribution in [2.45, 2.75) is 37.5 Å². The molecule has 49 heavy (non-hydrogen) atoms. The van der Waals surface area contributed by atoms with Crippen LogP contribution in [0.25, 0.3) is 22.7 Å². The Morgan fingerprint density at radius 3 is 2.47 bits per heavy atom. The number of hydrogen-bond donors (Lipinski definition) is 1. The predicted molar refractivity (Wildman–Crippen MR) is 166 cm³/mol. The molecule has 1 aromatic carbocycles. The minimum Gasteiger partial charge on any atom is -0.473 e. The van der Waals surface area contributed by atoms with E-state index in [2.05, 4.69) is 35.3 Å². The number of hydrogen-bond acceptors (Lipinski definition) is 11. The van der Waals surface area contributed by atoms with Gasteiger partial charge in [0, 0.05) is 54.7 Å². The number of fused-ring (bicyclic) bond motifs is 1. The van der Waals surface area contributed by atoms with E-state index in [-0.39, 0.29) is 46.2 Å². The van der Waals surface area contributed by atoms with Gasteiger partial charge in [0.25, 0.3) is 0 Å². The molecule has 2 saturated heterocycles. The van der Waals surface area contributed by atoms with Crippen LogP contribution in [0.4, 0.5) is 27.8 Å². The summed E-state index contributed by atoms with van der Waals surface area (Å²) in [5, 5.41) is 23.9. The van der Waals surface area contributed by atoms with Gasteiger partial charge < -0.3 is 23.9 Å². The van der Waals surface area contributed by atoms with Gasteiger partial charge in [0.05, 0.1) is 29.9 Å². The van der Waals surface area contributed by atoms with Crippen LogP contribution < -0.4 is 9.64 Å². The highest BCUT2D eigenvalue weighted by Gasteiger charge is 2.37. The average Bonchev–Trinajstić information content (AvgIpc) is 3.70. The summed E-state index contributed by atoms with van der Waals surface area (Å²) in [6.45, 7) is 3.44. The molecular formula is C30H28F5N11O2Si. The van der Waals surface area contributed by atoms with Gasteiger partial charge in [0.2, 0.25) is 11.7 Å². The Bertz CT molecular complexity index is 2050. The molecule has 7 rings (SSSR count). The number of imidazole rings is 1. The lowest BCUT2D eigenvalue weighted by molar-refractivity contribution is -0.144. The second-order valence-corrected chi connectivity index (χ2v) is 13.9. The monoisotopic (exact) mass is 697 g/mol. The van der Waals surface area contributed by atoms with Gasteiger partial charge in [-0.25, -0.2) is 13.8 Å². The SMILES string of the molecule is N#Cc1ccc(COc2ccc(F)c(N3CCN(Cc4nc5cc(-c6nnc(C(F)(F)F)[nH]6)nnc5n4C[C@]4([SiH3])CCO4)CC3)n2)c(F)c1. The summed E-state index contributed by atoms with van der Waals surface area (Å²) in [5.41, 5.74) is 1.42. The normalized spacial score (nSPS) is 18.5. The zero-order valence-corrected chi connectivity index (χ0v) is 28.0. The molecule has 0 spiro atoms. The number of piperazine rings is 1. The predicted octanol–water partition coefficient (Wildman–Crippen LogP) is 2.56. The van der Waals surface area contributed by atoms with Crippen molar-refractivity contribution in [3.63, 3.8) is 0 Å². The maximum Gasteiger partial charge on any atom is 0.451 e. The lowest BCUT2D eigenvalue weighted by atomic mass is 10.1. The third kappa shape index (κ3) is 6.79. The second kappa shape index (κ2) is 12.8. The highest BCUT2D eigenvalue weighted by Crippen LogP contribution is 2.30. The van der Waals surface area contributed by atoms with Crippen LogP contribution in [0.15, 0.2) is 36.4 Å². The Kier molecular flexibility index (Phi) is 8.46. The lowest BCUT2D eigenvalue weighted by Crippen LogP contribution is -2.49. The fourth-order valence-electron chi connectivity index (χ4n) is 5.71. The van der Waals surface area contributed by atoms with Gasteiger partial charge in [0.15, 0.2) is 23.1 Å². The highest BCUT2D eigenvalue weighted by atomic mass is 28.1. The molecule has 1 N–H and O–H groups in total. The fraction of sp³-hybridized carbons (Fsp3) is 0.367. The van der Waals surface area contributed by atoms with Gasteiger partial charge in [0.1, 0.15) is 29.5 Å². The van der Waals surface area contributed by atoms with Crippen molar-refractivity contribution >= 4 is 27.2 Å². The quantitative estimate of drug-likeness (QED) is 0.179. The van der Waals surface area contributed by atoms with Crippen LogP contribution in [0.2, 0.25) is 0 Å². The van der Waals surface area contributed by atoms with Crippen LogP contribution in [-0.4, -0.2) is 93.1 Å². The van der Waals surface area contributed by atoms with Gasteiger partial charge in [-0.05, 0) is 30.7 Å². The van der Waals surface area contributed by atoms with Gasteiger partial charge in [-0.1, -0.05) is 6.07 Å². The zero-order valence-electron chi connectivity index (χ0n) is 26.0. The minimum absolute atomic E-state index is 0.0727. The second-order valence-electron chi connectivity index (χ2n) is 12.0. The summed E-state index contributed by atoms with van der Waals surface area (Å²) >= 11 is 0. The van der Waals surface area contributed by atoms with E-state index >= 15 is 0 Å². The van der Waals surface area contributed by atoms with E-state index in [0.717, 1.165) is 22.7 Å². The molecule has 5 aromatic rings. The van der Waals surface area contributed by atoms with E-state index in [1.165, 1.54) is 30.3 Å². The lowest BCUT2D eigenvalue weighted by Gasteiger charge is -2.40. The topological polar surface area (TPSA) is 147 Å². The molecule has 6 heterocycles. The number of benzene rings is 1. The van der Waals surface area contributed by atoms with E-state index in [9.17, 15) is 22.0 Å². The summed E-state index contributed by atoms with van der Waals surface area (Å²) in [6, 6.07) is 10.1. The molecule has 2 fully saturated rings. The molecule has 4 aromatic heterocycles. The average molecular weight is 698 g/mol. The molecule has 19 heteroatoms. The maximum atomic E-state index is 14.9. The number of rotatable bonds is 9. The first-order chi connectivity index (χ1) is 23.5. The Morgan fingerprint density at radius 1 is 1.00 bits per heavy atom. The van der Waals surface area contributed by atoms with Crippen LogP contribution in [0.3, 0.4) is 0 Å². The molecule has 2 aliphatic rings. The number of ether oxygens (including phenoxy) is 2. The summed E-state index contributed by atoms with van der Waals surface area (Å²) < 4.78 is 81.9. The number of aromatic nitrogens is 8. The zero-order chi connectivity index (χ0) is 34.3. The smallest absolute Gasteiger partial charge is 0.451 e. The highest BCUT2D eigenvalue weighted by molar-refractivity contribution is 6.15. The molecule has 0 unspecified atom stereocenters. The first-order valence-corrected chi connectivity index (χ1v) is 16.3. The number of halogens is 5. The molecule has 0 radical (unpaired) electrons. The maximum absolute atomic E-state index is 14.9. The Labute approximate surface area is 278 Å². The van der Waals surface area contributed by atoms with Crippen molar-refractivity contribution < 1.29 is 31.4 Å². The standard InChI is InChI=1S/C30H28F5N11O2Si/c31-19-3-4-24(47-15-18-2-1-17(13-36)11-20(18)32)38-26(19)45-8-6-44(7-9-45)14-23-37-22-12-21(25-39-28(43-41-25)30(33,34)35)40-42-27(22)46(23)16-29(49)5-10-48-29/h1-4,11-12H,5-10,14-16H2,49H3,(H,39,41,43)/t29-/m1/s1. The van der Waals surface area contributed by atoms with E-state index in [1.807, 2.05) is 15.5 Å². The van der Waals surface area contributed by atoms with Crippen LogP contribution in [0, 0.1) is 23.0 Å². The first kappa shape index (κ1) is 32.5. The van der Waals surface area contributed by atoms with Gasteiger partial charge in [-0.2, -0.15) is 23.4 Å². The number of aromatic amines is 1. The number of pyridine rings is 1. The van der Waals surface area contributed by atoms with Crippen molar-refractivity contribution in [3.8, 4) is 23.5 Å². The number of nitriles is 1. The number of H-pyrrole nitrogens is 1. The Morgan fingerprint density at radius 2 is 1.80 bits per heavy atom. The number of anilines is 1. The molecule has 13 nitrogen and oxygen atoms in total.